The number of rotatable bonds is 4. The summed E-state index contributed by atoms with van der Waals surface area (Å²) >= 11 is 6.83. The number of thiophene rings is 1. The van der Waals surface area contributed by atoms with Crippen LogP contribution < -0.4 is 4.72 Å². The van der Waals surface area contributed by atoms with Crippen molar-refractivity contribution < 1.29 is 18.3 Å². The van der Waals surface area contributed by atoms with Gasteiger partial charge in [-0.2, -0.15) is 0 Å². The van der Waals surface area contributed by atoms with Crippen molar-refractivity contribution in [3.63, 3.8) is 0 Å². The van der Waals surface area contributed by atoms with Crippen molar-refractivity contribution in [2.24, 2.45) is 0 Å². The Balaban J connectivity index is 2.91. The van der Waals surface area contributed by atoms with Crippen molar-refractivity contribution in [2.75, 3.05) is 4.72 Å². The van der Waals surface area contributed by atoms with Crippen LogP contribution >= 0.6 is 22.9 Å². The Labute approximate surface area is 95.7 Å². The Kier molecular flexibility index (Phi) is 3.58. The van der Waals surface area contributed by atoms with E-state index in [-0.39, 0.29) is 10.0 Å². The predicted molar refractivity (Wildman–Crippen MR) is 59.0 cm³/mol. The van der Waals surface area contributed by atoms with Crippen LogP contribution in [0.2, 0.25) is 4.34 Å². The van der Waals surface area contributed by atoms with Gasteiger partial charge in [0.15, 0.2) is 5.25 Å². The van der Waals surface area contributed by atoms with E-state index in [0.717, 1.165) is 18.3 Å². The molecule has 1 heterocycles. The Morgan fingerprint density at radius 3 is 2.67 bits per heavy atom. The molecule has 8 heteroatoms. The number of carboxylic acids is 1. The third-order valence-corrected chi connectivity index (χ3v) is 4.49. The summed E-state index contributed by atoms with van der Waals surface area (Å²) in [7, 11) is -3.93. The highest BCUT2D eigenvalue weighted by Gasteiger charge is 2.28. The first-order chi connectivity index (χ1) is 6.84. The fourth-order valence-corrected chi connectivity index (χ4v) is 2.61. The number of anilines is 1. The summed E-state index contributed by atoms with van der Waals surface area (Å²) < 4.78 is 25.3. The average Bonchev–Trinajstić information content (AvgIpc) is 2.50. The van der Waals surface area contributed by atoms with Gasteiger partial charge in [-0.1, -0.05) is 11.6 Å². The second-order valence-corrected chi connectivity index (χ2v) is 6.25. The van der Waals surface area contributed by atoms with E-state index < -0.39 is 21.2 Å². The van der Waals surface area contributed by atoms with Crippen LogP contribution in [0.4, 0.5) is 5.69 Å². The minimum Gasteiger partial charge on any atom is -0.480 e. The number of sulfonamides is 1. The smallest absolute Gasteiger partial charge is 0.323 e. The Hall–Kier alpha value is -0.790. The maximum atomic E-state index is 11.4. The first-order valence-electron chi connectivity index (χ1n) is 3.82. The van der Waals surface area contributed by atoms with E-state index in [1.165, 1.54) is 6.07 Å². The zero-order valence-corrected chi connectivity index (χ0v) is 9.99. The lowest BCUT2D eigenvalue weighted by Gasteiger charge is -2.09. The molecule has 0 bridgehead atoms. The highest BCUT2D eigenvalue weighted by molar-refractivity contribution is 7.94. The van der Waals surface area contributed by atoms with Crippen molar-refractivity contribution in [2.45, 2.75) is 12.2 Å². The number of hydrogen-bond acceptors (Lipinski definition) is 4. The molecule has 1 aromatic rings. The van der Waals surface area contributed by atoms with Gasteiger partial charge >= 0.3 is 5.97 Å². The van der Waals surface area contributed by atoms with Gasteiger partial charge in [0, 0.05) is 0 Å². The minimum absolute atomic E-state index is 0.203. The largest absolute Gasteiger partial charge is 0.480 e. The highest BCUT2D eigenvalue weighted by Crippen LogP contribution is 2.28. The van der Waals surface area contributed by atoms with Crippen LogP contribution in [0.25, 0.3) is 0 Å². The fourth-order valence-electron chi connectivity index (χ4n) is 0.739. The molecule has 1 rings (SSSR count). The molecule has 0 saturated carbocycles. The normalized spacial score (nSPS) is 13.5. The second kappa shape index (κ2) is 4.38. The molecule has 5 nitrogen and oxygen atoms in total. The number of carboxylic acid groups (broad SMARTS) is 1. The minimum atomic E-state index is -3.93. The first kappa shape index (κ1) is 12.3. The fraction of sp³-hybridized carbons (Fsp3) is 0.286. The van der Waals surface area contributed by atoms with Crippen molar-refractivity contribution >= 4 is 44.6 Å². The van der Waals surface area contributed by atoms with Gasteiger partial charge in [0.25, 0.3) is 0 Å². The molecule has 0 fully saturated rings. The summed E-state index contributed by atoms with van der Waals surface area (Å²) in [6, 6.07) is 1.47. The Morgan fingerprint density at radius 1 is 1.67 bits per heavy atom. The van der Waals surface area contributed by atoms with Gasteiger partial charge in [-0.25, -0.2) is 8.42 Å². The summed E-state index contributed by atoms with van der Waals surface area (Å²) in [5.41, 5.74) is 0.203. The summed E-state index contributed by atoms with van der Waals surface area (Å²) in [5.74, 6) is -1.41. The third-order valence-electron chi connectivity index (χ3n) is 1.68. The highest BCUT2D eigenvalue weighted by atomic mass is 35.5. The van der Waals surface area contributed by atoms with Crippen molar-refractivity contribution in [3.05, 3.63) is 15.8 Å². The van der Waals surface area contributed by atoms with Crippen LogP contribution in [0.3, 0.4) is 0 Å². The summed E-state index contributed by atoms with van der Waals surface area (Å²) in [5, 5.41) is 8.65. The van der Waals surface area contributed by atoms with E-state index in [9.17, 15) is 13.2 Å². The maximum Gasteiger partial charge on any atom is 0.323 e. The number of hydrogen-bond donors (Lipinski definition) is 2. The molecule has 0 saturated heterocycles. The lowest BCUT2D eigenvalue weighted by atomic mass is 10.5. The maximum absolute atomic E-state index is 11.4. The van der Waals surface area contributed by atoms with E-state index >= 15 is 0 Å². The zero-order valence-electron chi connectivity index (χ0n) is 7.60. The molecular formula is C7H8ClNO4S2. The molecule has 0 spiro atoms. The quantitative estimate of drug-likeness (QED) is 0.870. The van der Waals surface area contributed by atoms with E-state index in [0.29, 0.717) is 0 Å². The predicted octanol–water partition coefficient (Wildman–Crippen LogP) is 1.62. The molecule has 1 atom stereocenters. The summed E-state index contributed by atoms with van der Waals surface area (Å²) in [4.78, 5) is 10.5. The SMILES string of the molecule is CC(C(=O)O)S(=O)(=O)Nc1ccsc1Cl. The zero-order chi connectivity index (χ0) is 11.6. The number of halogens is 1. The van der Waals surface area contributed by atoms with Crippen molar-refractivity contribution in [3.8, 4) is 0 Å². The molecule has 15 heavy (non-hydrogen) atoms. The number of aliphatic carboxylic acids is 1. The molecule has 0 aliphatic heterocycles. The molecule has 1 unspecified atom stereocenters. The lowest BCUT2D eigenvalue weighted by molar-refractivity contribution is -0.136. The van der Waals surface area contributed by atoms with Gasteiger partial charge in [0.05, 0.1) is 5.69 Å². The molecular weight excluding hydrogens is 262 g/mol. The van der Waals surface area contributed by atoms with Crippen LogP contribution in [0.5, 0.6) is 0 Å². The Morgan fingerprint density at radius 2 is 2.27 bits per heavy atom. The monoisotopic (exact) mass is 269 g/mol. The molecule has 0 aliphatic rings. The van der Waals surface area contributed by atoms with Gasteiger partial charge in [0.2, 0.25) is 10.0 Å². The van der Waals surface area contributed by atoms with Gasteiger partial charge in [-0.3, -0.25) is 9.52 Å². The third kappa shape index (κ3) is 2.83. The van der Waals surface area contributed by atoms with Crippen LogP contribution in [-0.2, 0) is 14.8 Å². The summed E-state index contributed by atoms with van der Waals surface area (Å²) in [6.07, 6.45) is 0. The second-order valence-electron chi connectivity index (χ2n) is 2.74. The average molecular weight is 270 g/mol. The lowest BCUT2D eigenvalue weighted by Crippen LogP contribution is -2.31. The molecule has 0 radical (unpaired) electrons. The standard InChI is InChI=1S/C7H8ClNO4S2/c1-4(7(10)11)15(12,13)9-5-2-3-14-6(5)8/h2-4,9H,1H3,(H,10,11). The molecule has 0 aromatic carbocycles. The van der Waals surface area contributed by atoms with E-state index in [4.69, 9.17) is 16.7 Å². The summed E-state index contributed by atoms with van der Waals surface area (Å²) in [6.45, 7) is 1.09. The molecule has 1 aromatic heterocycles. The first-order valence-corrected chi connectivity index (χ1v) is 6.62. The van der Waals surface area contributed by atoms with Crippen LogP contribution in [0, 0.1) is 0 Å². The van der Waals surface area contributed by atoms with Crippen LogP contribution in [0.1, 0.15) is 6.92 Å². The van der Waals surface area contributed by atoms with Gasteiger partial charge in [0.1, 0.15) is 4.34 Å². The van der Waals surface area contributed by atoms with Crippen LogP contribution in [0.15, 0.2) is 11.4 Å². The van der Waals surface area contributed by atoms with E-state index in [2.05, 4.69) is 4.72 Å². The molecule has 0 amide bonds. The number of carbonyl (C=O) groups is 1. The van der Waals surface area contributed by atoms with Crippen molar-refractivity contribution in [1.29, 1.82) is 0 Å². The van der Waals surface area contributed by atoms with Crippen LogP contribution in [-0.4, -0.2) is 24.7 Å². The van der Waals surface area contributed by atoms with E-state index in [1.807, 2.05) is 0 Å². The Bertz CT molecular complexity index is 467. The molecule has 0 aliphatic carbocycles. The topological polar surface area (TPSA) is 83.5 Å². The van der Waals surface area contributed by atoms with Crippen molar-refractivity contribution in [1.82, 2.24) is 0 Å². The van der Waals surface area contributed by atoms with Gasteiger partial charge in [-0.15, -0.1) is 11.3 Å². The van der Waals surface area contributed by atoms with Gasteiger partial charge in [-0.05, 0) is 18.4 Å². The van der Waals surface area contributed by atoms with Gasteiger partial charge < -0.3 is 5.11 Å². The van der Waals surface area contributed by atoms with E-state index in [1.54, 1.807) is 5.38 Å². The number of nitrogens with one attached hydrogen (secondary N) is 1. The molecule has 84 valence electrons. The molecule has 2 N–H and O–H groups in total.